The van der Waals surface area contributed by atoms with Gasteiger partial charge in [-0.1, -0.05) is 45.0 Å². The van der Waals surface area contributed by atoms with Crippen LogP contribution in [0.1, 0.15) is 113 Å². The van der Waals surface area contributed by atoms with Crippen LogP contribution in [0.5, 0.6) is 17.2 Å². The van der Waals surface area contributed by atoms with Gasteiger partial charge in [-0.3, -0.25) is 24.1 Å². The molecular formula is C56H69N5O14S. The summed E-state index contributed by atoms with van der Waals surface area (Å²) in [7, 11) is -4.03. The van der Waals surface area contributed by atoms with Crippen molar-refractivity contribution >= 4 is 56.2 Å². The summed E-state index contributed by atoms with van der Waals surface area (Å²) in [5, 5.41) is 14.0. The van der Waals surface area contributed by atoms with Gasteiger partial charge in [0.15, 0.2) is 11.5 Å². The van der Waals surface area contributed by atoms with Crippen LogP contribution in [-0.4, -0.2) is 129 Å². The lowest BCUT2D eigenvalue weighted by Gasteiger charge is -2.37. The average Bonchev–Trinajstić information content (AvgIpc) is 3.35. The van der Waals surface area contributed by atoms with Gasteiger partial charge in [0.25, 0.3) is 11.8 Å². The Kier molecular flexibility index (Phi) is 17.5. The number of benzene rings is 4. The molecule has 2 aliphatic heterocycles. The number of pyridine rings is 1. The molecule has 1 fully saturated rings. The fourth-order valence-electron chi connectivity index (χ4n) is 8.78. The summed E-state index contributed by atoms with van der Waals surface area (Å²) >= 11 is 0. The third-order valence-corrected chi connectivity index (χ3v) is 14.3. The number of anilines is 2. The second-order valence-electron chi connectivity index (χ2n) is 21.6. The molecule has 20 heteroatoms. The van der Waals surface area contributed by atoms with Crippen LogP contribution in [0.25, 0.3) is 10.9 Å². The van der Waals surface area contributed by atoms with Crippen LogP contribution in [0, 0.1) is 0 Å². The van der Waals surface area contributed by atoms with Gasteiger partial charge in [0.2, 0.25) is 15.5 Å². The van der Waals surface area contributed by atoms with Crippen LogP contribution in [-0.2, 0) is 39.2 Å². The van der Waals surface area contributed by atoms with Crippen molar-refractivity contribution in [2.45, 2.75) is 103 Å². The van der Waals surface area contributed by atoms with Crippen LogP contribution < -0.4 is 25.1 Å². The standard InChI is InChI=1S/C56H69N5O14S/c1-54(2,3)43-31-48(47(62)32-45(43)58-51(65)42-33-57-44-13-11-10-12-40(44)50(42)64)73-29-27-71-25-24-70-26-28-72-38-16-14-36(15-17-38)37-20-22-60(23-21-37)76(68,69)39-18-19-41-46(30-39)61(53(67)75-56(7,8)9)35-59(52(41)66)34-49(63)74-55(4,5)6/h10-19,30-33,37,62H,20-29,34-35H2,1-9H3,(H,57,64)(H,58,65). The number of amides is 3. The van der Waals surface area contributed by atoms with Gasteiger partial charge in [-0.15, -0.1) is 0 Å². The molecule has 0 radical (unpaired) electrons. The van der Waals surface area contributed by atoms with Crippen LogP contribution in [0.3, 0.4) is 0 Å². The van der Waals surface area contributed by atoms with Gasteiger partial charge in [0.1, 0.15) is 48.9 Å². The Bertz CT molecular complexity index is 3090. The molecule has 76 heavy (non-hydrogen) atoms. The molecule has 0 aliphatic carbocycles. The molecule has 0 unspecified atom stereocenters. The molecule has 1 saturated heterocycles. The Morgan fingerprint density at radius 1 is 0.763 bits per heavy atom. The topological polar surface area (TPSA) is 233 Å². The molecule has 0 bridgehead atoms. The number of rotatable bonds is 18. The minimum absolute atomic E-state index is 0.0489. The van der Waals surface area contributed by atoms with Crippen LogP contribution in [0.15, 0.2) is 94.7 Å². The van der Waals surface area contributed by atoms with Crippen molar-refractivity contribution < 1.29 is 61.1 Å². The number of phenolic OH excluding ortho intramolecular Hbond substituents is 1. The number of phenols is 1. The number of aromatic hydroxyl groups is 1. The zero-order chi connectivity index (χ0) is 55.2. The van der Waals surface area contributed by atoms with Crippen molar-refractivity contribution in [3.05, 3.63) is 118 Å². The van der Waals surface area contributed by atoms with Crippen molar-refractivity contribution in [3.63, 3.8) is 0 Å². The third-order valence-electron chi connectivity index (χ3n) is 12.4. The minimum Gasteiger partial charge on any atom is -0.504 e. The Labute approximate surface area is 443 Å². The first-order valence-electron chi connectivity index (χ1n) is 25.3. The minimum atomic E-state index is -4.03. The summed E-state index contributed by atoms with van der Waals surface area (Å²) in [6.07, 6.45) is 1.72. The summed E-state index contributed by atoms with van der Waals surface area (Å²) < 4.78 is 63.7. The van der Waals surface area contributed by atoms with E-state index < -0.39 is 62.5 Å². The molecule has 19 nitrogen and oxygen atoms in total. The number of sulfonamides is 1. The molecule has 0 atom stereocenters. The van der Waals surface area contributed by atoms with E-state index in [4.69, 9.17) is 28.4 Å². The number of H-pyrrole nitrogens is 1. The Morgan fingerprint density at radius 2 is 1.39 bits per heavy atom. The average molecular weight is 1070 g/mol. The summed E-state index contributed by atoms with van der Waals surface area (Å²) in [4.78, 5) is 71.4. The van der Waals surface area contributed by atoms with E-state index in [0.29, 0.717) is 67.2 Å². The number of para-hydroxylation sites is 1. The summed E-state index contributed by atoms with van der Waals surface area (Å²) in [6.45, 7) is 17.4. The Balaban J connectivity index is 0.827. The van der Waals surface area contributed by atoms with Crippen LogP contribution >= 0.6 is 0 Å². The predicted molar refractivity (Wildman–Crippen MR) is 286 cm³/mol. The van der Waals surface area contributed by atoms with Gasteiger partial charge in [0.05, 0.1) is 42.6 Å². The zero-order valence-electron chi connectivity index (χ0n) is 44.6. The number of esters is 1. The summed E-state index contributed by atoms with van der Waals surface area (Å²) in [6, 6.07) is 21.8. The molecule has 5 aromatic rings. The molecule has 0 saturated carbocycles. The van der Waals surface area contributed by atoms with Crippen LogP contribution in [0.4, 0.5) is 16.2 Å². The van der Waals surface area contributed by atoms with E-state index in [0.717, 1.165) is 5.56 Å². The fraction of sp³-hybridized carbons (Fsp3) is 0.446. The molecule has 3 heterocycles. The number of ether oxygens (including phenoxy) is 6. The molecule has 408 valence electrons. The van der Waals surface area contributed by atoms with Crippen molar-refractivity contribution in [1.29, 1.82) is 0 Å². The molecule has 2 aliphatic rings. The van der Waals surface area contributed by atoms with Crippen molar-refractivity contribution in [2.24, 2.45) is 0 Å². The van der Waals surface area contributed by atoms with Gasteiger partial charge in [-0.2, -0.15) is 4.31 Å². The van der Waals surface area contributed by atoms with E-state index in [9.17, 15) is 37.5 Å². The largest absolute Gasteiger partial charge is 0.504 e. The Morgan fingerprint density at radius 3 is 2.04 bits per heavy atom. The van der Waals surface area contributed by atoms with Gasteiger partial charge in [0, 0.05) is 41.9 Å². The highest BCUT2D eigenvalue weighted by Gasteiger charge is 2.39. The number of aromatic nitrogens is 1. The van der Waals surface area contributed by atoms with E-state index >= 15 is 0 Å². The van der Waals surface area contributed by atoms with Crippen molar-refractivity contribution in [2.75, 3.05) is 76.2 Å². The van der Waals surface area contributed by atoms with E-state index in [1.165, 1.54) is 44.6 Å². The number of fused-ring (bicyclic) bond motifs is 2. The van der Waals surface area contributed by atoms with E-state index in [1.807, 2.05) is 45.0 Å². The molecule has 3 N–H and O–H groups in total. The lowest BCUT2D eigenvalue weighted by atomic mass is 9.85. The molecule has 1 aromatic heterocycles. The van der Waals surface area contributed by atoms with E-state index in [-0.39, 0.29) is 72.1 Å². The first-order chi connectivity index (χ1) is 35.8. The summed E-state index contributed by atoms with van der Waals surface area (Å²) in [5.74, 6) is -1.01. The highest BCUT2D eigenvalue weighted by molar-refractivity contribution is 7.89. The highest BCUT2D eigenvalue weighted by atomic mass is 32.2. The second-order valence-corrected chi connectivity index (χ2v) is 23.6. The number of hydrogen-bond acceptors (Lipinski definition) is 14. The zero-order valence-corrected chi connectivity index (χ0v) is 45.5. The molecule has 4 aromatic carbocycles. The molecule has 0 spiro atoms. The van der Waals surface area contributed by atoms with Crippen molar-refractivity contribution in [1.82, 2.24) is 14.2 Å². The van der Waals surface area contributed by atoms with E-state index in [2.05, 4.69) is 10.3 Å². The number of nitrogens with one attached hydrogen (secondary N) is 2. The number of aromatic amines is 1. The molecule has 7 rings (SSSR count). The number of piperidine rings is 1. The first kappa shape index (κ1) is 56.7. The lowest BCUT2D eigenvalue weighted by molar-refractivity contribution is -0.155. The monoisotopic (exact) mass is 1070 g/mol. The first-order valence-corrected chi connectivity index (χ1v) is 26.7. The number of nitrogens with zero attached hydrogens (tertiary/aromatic N) is 3. The highest BCUT2D eigenvalue weighted by Crippen LogP contribution is 2.40. The lowest BCUT2D eigenvalue weighted by Crippen LogP contribution is -2.52. The maximum absolute atomic E-state index is 14.1. The maximum Gasteiger partial charge on any atom is 0.416 e. The number of hydrogen-bond donors (Lipinski definition) is 3. The van der Waals surface area contributed by atoms with Crippen LogP contribution in [0.2, 0.25) is 0 Å². The molecule has 3 amide bonds. The maximum atomic E-state index is 14.1. The normalized spacial score (nSPS) is 14.8. The van der Waals surface area contributed by atoms with Crippen molar-refractivity contribution in [3.8, 4) is 17.2 Å². The smallest absolute Gasteiger partial charge is 0.416 e. The summed E-state index contributed by atoms with van der Waals surface area (Å²) in [5.41, 5.74) is 0.240. The number of carbonyl (C=O) groups excluding carboxylic acids is 4. The van der Waals surface area contributed by atoms with Gasteiger partial charge in [-0.05, 0) is 125 Å². The van der Waals surface area contributed by atoms with Gasteiger partial charge < -0.3 is 48.7 Å². The van der Waals surface area contributed by atoms with Gasteiger partial charge in [-0.25, -0.2) is 13.2 Å². The second kappa shape index (κ2) is 23.5. The predicted octanol–water partition coefficient (Wildman–Crippen LogP) is 8.34. The fourth-order valence-corrected chi connectivity index (χ4v) is 10.3. The number of carbonyl (C=O) groups is 4. The quantitative estimate of drug-likeness (QED) is 0.0553. The van der Waals surface area contributed by atoms with E-state index in [1.54, 1.807) is 71.9 Å². The Hall–Kier alpha value is -7.00. The SMILES string of the molecule is CC(C)(C)OC(=O)CN1CN(C(=O)OC(C)(C)C)c2cc(S(=O)(=O)N3CCC(c4ccc(OCCOCCOCCOc5cc(C(C)(C)C)c(NC(=O)c6c[nH]c7ccccc7c6=O)cc5O)cc4)CC3)ccc2C1=O. The third kappa shape index (κ3) is 14.3. The van der Waals surface area contributed by atoms with Gasteiger partial charge >= 0.3 is 12.1 Å². The molecular weight excluding hydrogens is 999 g/mol.